The van der Waals surface area contributed by atoms with Gasteiger partial charge in [-0.1, -0.05) is 0 Å². The third-order valence-corrected chi connectivity index (χ3v) is 6.76. The first-order valence-electron chi connectivity index (χ1n) is 11.1. The van der Waals surface area contributed by atoms with E-state index in [9.17, 15) is 40.5 Å². The molecular weight excluding hydrogens is 496 g/mol. The number of hydrogen-bond acceptors (Lipinski definition) is 8. The molecule has 0 saturated heterocycles. The molecule has 0 unspecified atom stereocenters. The molecule has 6 rings (SSSR count). The van der Waals surface area contributed by atoms with Gasteiger partial charge in [-0.25, -0.2) is 0 Å². The van der Waals surface area contributed by atoms with Crippen LogP contribution in [-0.4, -0.2) is 19.7 Å². The predicted octanol–water partition coefficient (Wildman–Crippen LogP) is 6.29. The fourth-order valence-electron chi connectivity index (χ4n) is 5.18. The Hall–Kier alpha value is -5.78. The van der Waals surface area contributed by atoms with Gasteiger partial charge < -0.3 is 0 Å². The standard InChI is InChI=1S/C26H12N4O8/c31-27(32)13-1-5-17-18-6-2-14(28(33)34)10-22(18)25(21(17)9-13)26-23-11-15(29(35)36)3-7-19(23)20-8-4-16(30(37)38)12-24(20)26/h1-12H. The van der Waals surface area contributed by atoms with Crippen molar-refractivity contribution in [3.8, 4) is 22.3 Å². The van der Waals surface area contributed by atoms with Crippen molar-refractivity contribution in [2.75, 3.05) is 0 Å². The molecule has 2 aliphatic rings. The summed E-state index contributed by atoms with van der Waals surface area (Å²) >= 11 is 0. The van der Waals surface area contributed by atoms with Gasteiger partial charge in [0.05, 0.1) is 19.7 Å². The number of nitro benzene ring substituents is 4. The summed E-state index contributed by atoms with van der Waals surface area (Å²) in [5.74, 6) is 0. The molecule has 12 heteroatoms. The van der Waals surface area contributed by atoms with Crippen LogP contribution in [0.15, 0.2) is 72.8 Å². The van der Waals surface area contributed by atoms with Gasteiger partial charge in [-0.15, -0.1) is 0 Å². The van der Waals surface area contributed by atoms with Crippen molar-refractivity contribution < 1.29 is 19.7 Å². The Morgan fingerprint density at radius 2 is 0.553 bits per heavy atom. The van der Waals surface area contributed by atoms with Crippen LogP contribution in [0.2, 0.25) is 0 Å². The van der Waals surface area contributed by atoms with E-state index in [4.69, 9.17) is 0 Å². The molecule has 4 aromatic carbocycles. The minimum atomic E-state index is -0.569. The molecule has 0 saturated carbocycles. The highest BCUT2D eigenvalue weighted by molar-refractivity contribution is 6.19. The number of fused-ring (bicyclic) bond motifs is 6. The molecule has 0 spiro atoms. The zero-order chi connectivity index (χ0) is 26.9. The van der Waals surface area contributed by atoms with E-state index in [1.165, 1.54) is 48.5 Å². The average Bonchev–Trinajstić information content (AvgIpc) is 3.38. The first-order valence-corrected chi connectivity index (χ1v) is 11.1. The first kappa shape index (κ1) is 22.7. The van der Waals surface area contributed by atoms with Crippen molar-refractivity contribution in [1.29, 1.82) is 0 Å². The van der Waals surface area contributed by atoms with Crippen molar-refractivity contribution >= 4 is 33.9 Å². The Morgan fingerprint density at radius 3 is 0.737 bits per heavy atom. The molecule has 0 atom stereocenters. The lowest BCUT2D eigenvalue weighted by molar-refractivity contribution is -0.385. The van der Waals surface area contributed by atoms with Gasteiger partial charge in [0, 0.05) is 48.5 Å². The summed E-state index contributed by atoms with van der Waals surface area (Å²) < 4.78 is 0. The molecule has 12 nitrogen and oxygen atoms in total. The summed E-state index contributed by atoms with van der Waals surface area (Å²) in [4.78, 5) is 44.2. The van der Waals surface area contributed by atoms with E-state index in [0.29, 0.717) is 55.7 Å². The maximum atomic E-state index is 11.6. The summed E-state index contributed by atoms with van der Waals surface area (Å²) in [7, 11) is 0. The number of benzene rings is 4. The van der Waals surface area contributed by atoms with E-state index >= 15 is 0 Å². The van der Waals surface area contributed by atoms with Crippen molar-refractivity contribution in [1.82, 2.24) is 0 Å². The van der Waals surface area contributed by atoms with Gasteiger partial charge in [0.25, 0.3) is 22.7 Å². The number of nitro groups is 4. The smallest absolute Gasteiger partial charge is 0.258 e. The fraction of sp³-hybridized carbons (Fsp3) is 0. The molecule has 0 N–H and O–H groups in total. The molecule has 0 heterocycles. The minimum absolute atomic E-state index is 0.222. The Morgan fingerprint density at radius 1 is 0.342 bits per heavy atom. The summed E-state index contributed by atoms with van der Waals surface area (Å²) in [5.41, 5.74) is 3.71. The molecule has 0 fully saturated rings. The monoisotopic (exact) mass is 508 g/mol. The summed E-state index contributed by atoms with van der Waals surface area (Å²) in [5, 5.41) is 46.5. The van der Waals surface area contributed by atoms with Gasteiger partial charge in [-0.05, 0) is 79.9 Å². The van der Waals surface area contributed by atoms with Crippen LogP contribution in [0.4, 0.5) is 22.7 Å². The molecule has 2 aliphatic carbocycles. The second-order valence-corrected chi connectivity index (χ2v) is 8.70. The van der Waals surface area contributed by atoms with Crippen LogP contribution < -0.4 is 0 Å². The van der Waals surface area contributed by atoms with E-state index in [-0.39, 0.29) is 22.7 Å². The Balaban J connectivity index is 1.80. The van der Waals surface area contributed by atoms with Crippen molar-refractivity contribution in [2.24, 2.45) is 0 Å². The highest BCUT2D eigenvalue weighted by Gasteiger charge is 2.36. The quantitative estimate of drug-likeness (QED) is 0.197. The third kappa shape index (κ3) is 3.17. The topological polar surface area (TPSA) is 173 Å². The molecule has 0 radical (unpaired) electrons. The van der Waals surface area contributed by atoms with Crippen LogP contribution in [0, 0.1) is 40.5 Å². The minimum Gasteiger partial charge on any atom is -0.258 e. The summed E-state index contributed by atoms with van der Waals surface area (Å²) in [6.45, 7) is 0. The number of hydrogen-bond donors (Lipinski definition) is 0. The van der Waals surface area contributed by atoms with Crippen LogP contribution in [0.25, 0.3) is 33.4 Å². The van der Waals surface area contributed by atoms with E-state index < -0.39 is 19.7 Å². The lowest BCUT2D eigenvalue weighted by atomic mass is 9.91. The number of rotatable bonds is 4. The summed E-state index contributed by atoms with van der Waals surface area (Å²) in [6, 6.07) is 16.8. The lowest BCUT2D eigenvalue weighted by Gasteiger charge is -2.11. The molecule has 0 bridgehead atoms. The zero-order valence-electron chi connectivity index (χ0n) is 19.0. The second-order valence-electron chi connectivity index (χ2n) is 8.70. The van der Waals surface area contributed by atoms with Crippen molar-refractivity contribution in [3.63, 3.8) is 0 Å². The third-order valence-electron chi connectivity index (χ3n) is 6.76. The highest BCUT2D eigenvalue weighted by Crippen LogP contribution is 2.56. The van der Waals surface area contributed by atoms with E-state index in [1.54, 1.807) is 24.3 Å². The average molecular weight is 508 g/mol. The van der Waals surface area contributed by atoms with Gasteiger partial charge in [0.1, 0.15) is 0 Å². The maximum Gasteiger partial charge on any atom is 0.270 e. The van der Waals surface area contributed by atoms with Crippen molar-refractivity contribution in [2.45, 2.75) is 0 Å². The summed E-state index contributed by atoms with van der Waals surface area (Å²) in [6.07, 6.45) is 0. The molecule has 184 valence electrons. The Labute approximate surface area is 211 Å². The first-order chi connectivity index (χ1) is 18.2. The molecule has 0 aromatic heterocycles. The SMILES string of the molecule is O=[N+]([O-])c1ccc2c(c1)C(=C1c3cc([N+](=O)[O-])ccc3-c3ccc([N+](=O)[O-])cc31)c1cc([N+](=O)[O-])ccc1-2. The van der Waals surface area contributed by atoms with Crippen LogP contribution >= 0.6 is 0 Å². The number of non-ortho nitro benzene ring substituents is 4. The van der Waals surface area contributed by atoms with E-state index in [2.05, 4.69) is 0 Å². The van der Waals surface area contributed by atoms with Gasteiger partial charge in [0.15, 0.2) is 0 Å². The lowest BCUT2D eigenvalue weighted by Crippen LogP contribution is -1.96. The van der Waals surface area contributed by atoms with Gasteiger partial charge >= 0.3 is 0 Å². The maximum absolute atomic E-state index is 11.6. The van der Waals surface area contributed by atoms with Crippen LogP contribution in [-0.2, 0) is 0 Å². The Bertz CT molecular complexity index is 1580. The molecule has 4 aromatic rings. The van der Waals surface area contributed by atoms with E-state index in [0.717, 1.165) is 0 Å². The molecular formula is C26H12N4O8. The van der Waals surface area contributed by atoms with Gasteiger partial charge in [-0.2, -0.15) is 0 Å². The number of nitrogens with zero attached hydrogens (tertiary/aromatic N) is 4. The van der Waals surface area contributed by atoms with Gasteiger partial charge in [-0.3, -0.25) is 40.5 Å². The predicted molar refractivity (Wildman–Crippen MR) is 135 cm³/mol. The van der Waals surface area contributed by atoms with Gasteiger partial charge in [0.2, 0.25) is 0 Å². The van der Waals surface area contributed by atoms with Crippen LogP contribution in [0.3, 0.4) is 0 Å². The normalized spacial score (nSPS) is 12.4. The molecule has 0 amide bonds. The largest absolute Gasteiger partial charge is 0.270 e. The van der Waals surface area contributed by atoms with E-state index in [1.807, 2.05) is 0 Å². The Kier molecular flexibility index (Phi) is 4.69. The fourth-order valence-corrected chi connectivity index (χ4v) is 5.18. The molecule has 38 heavy (non-hydrogen) atoms. The zero-order valence-corrected chi connectivity index (χ0v) is 19.0. The van der Waals surface area contributed by atoms with Crippen LogP contribution in [0.5, 0.6) is 0 Å². The van der Waals surface area contributed by atoms with Crippen molar-refractivity contribution in [3.05, 3.63) is 136 Å². The van der Waals surface area contributed by atoms with Crippen LogP contribution in [0.1, 0.15) is 22.3 Å². The second kappa shape index (κ2) is 7.86. The molecule has 0 aliphatic heterocycles. The highest BCUT2D eigenvalue weighted by atomic mass is 16.6.